The van der Waals surface area contributed by atoms with E-state index in [0.29, 0.717) is 23.6 Å². The number of nitrogens with one attached hydrogen (secondary N) is 2. The Kier molecular flexibility index (Phi) is 3.71. The number of hydrogen-bond acceptors (Lipinski definition) is 7. The number of rotatable bonds is 5. The molecule has 1 atom stereocenters. The molecule has 0 aliphatic heterocycles. The van der Waals surface area contributed by atoms with Crippen molar-refractivity contribution in [3.05, 3.63) is 18.0 Å². The fourth-order valence-electron chi connectivity index (χ4n) is 1.32. The van der Waals surface area contributed by atoms with Crippen LogP contribution < -0.4 is 10.6 Å². The summed E-state index contributed by atoms with van der Waals surface area (Å²) in [5.41, 5.74) is 0. The van der Waals surface area contributed by atoms with Crippen LogP contribution in [0.25, 0.3) is 0 Å². The van der Waals surface area contributed by atoms with Crippen LogP contribution in [0.5, 0.6) is 0 Å². The van der Waals surface area contributed by atoms with Gasteiger partial charge in [0.25, 0.3) is 0 Å². The molecule has 2 N–H and O–H groups in total. The molecule has 2 rings (SSSR count). The molecule has 0 radical (unpaired) electrons. The average Bonchev–Trinajstić information content (AvgIpc) is 2.75. The molecule has 18 heavy (non-hydrogen) atoms. The van der Waals surface area contributed by atoms with Crippen LogP contribution in [0.15, 0.2) is 16.8 Å². The van der Waals surface area contributed by atoms with Crippen molar-refractivity contribution in [2.45, 2.75) is 33.2 Å². The first-order valence-electron chi connectivity index (χ1n) is 5.84. The lowest BCUT2D eigenvalue weighted by Gasteiger charge is -2.11. The van der Waals surface area contributed by atoms with Crippen molar-refractivity contribution in [1.29, 1.82) is 0 Å². The Morgan fingerprint density at radius 2 is 2.22 bits per heavy atom. The number of aromatic nitrogens is 4. The summed E-state index contributed by atoms with van der Waals surface area (Å²) < 4.78 is 4.94. The number of nitrogens with zero attached hydrogens (tertiary/aromatic N) is 4. The lowest BCUT2D eigenvalue weighted by Crippen LogP contribution is -2.15. The van der Waals surface area contributed by atoms with Crippen LogP contribution in [0.2, 0.25) is 0 Å². The smallest absolute Gasteiger partial charge is 0.250 e. The van der Waals surface area contributed by atoms with Gasteiger partial charge >= 0.3 is 0 Å². The van der Waals surface area contributed by atoms with Gasteiger partial charge in [-0.25, -0.2) is 0 Å². The van der Waals surface area contributed by atoms with E-state index in [2.05, 4.69) is 44.8 Å². The van der Waals surface area contributed by atoms with Crippen LogP contribution in [0.3, 0.4) is 0 Å². The molecule has 7 heteroatoms. The summed E-state index contributed by atoms with van der Waals surface area (Å²) in [4.78, 5) is 4.29. The van der Waals surface area contributed by atoms with Crippen molar-refractivity contribution < 1.29 is 4.52 Å². The van der Waals surface area contributed by atoms with E-state index in [-0.39, 0.29) is 0 Å². The second kappa shape index (κ2) is 5.44. The van der Waals surface area contributed by atoms with Gasteiger partial charge in [-0.05, 0) is 20.3 Å². The zero-order chi connectivity index (χ0) is 13.0. The molecular weight excluding hydrogens is 232 g/mol. The SMILES string of the molecule is CCC(C)Nc1cnnc(Nc2cc(C)on2)n1. The topological polar surface area (TPSA) is 88.8 Å². The van der Waals surface area contributed by atoms with E-state index in [1.165, 1.54) is 0 Å². The van der Waals surface area contributed by atoms with Crippen molar-refractivity contribution in [1.82, 2.24) is 20.3 Å². The van der Waals surface area contributed by atoms with E-state index in [4.69, 9.17) is 4.52 Å². The minimum absolute atomic E-state index is 0.337. The van der Waals surface area contributed by atoms with Gasteiger partial charge in [0, 0.05) is 12.1 Å². The second-order valence-corrected chi connectivity index (χ2v) is 4.07. The van der Waals surface area contributed by atoms with Crippen molar-refractivity contribution in [2.75, 3.05) is 10.6 Å². The molecule has 2 heterocycles. The van der Waals surface area contributed by atoms with Crippen LogP contribution >= 0.6 is 0 Å². The van der Waals surface area contributed by atoms with E-state index in [0.717, 1.165) is 12.2 Å². The summed E-state index contributed by atoms with van der Waals surface area (Å²) in [6, 6.07) is 2.10. The highest BCUT2D eigenvalue weighted by atomic mass is 16.5. The molecule has 2 aromatic heterocycles. The fraction of sp³-hybridized carbons (Fsp3) is 0.455. The molecule has 1 unspecified atom stereocenters. The maximum absolute atomic E-state index is 4.94. The molecule has 0 saturated carbocycles. The Balaban J connectivity index is 2.07. The summed E-state index contributed by atoms with van der Waals surface area (Å²) in [7, 11) is 0. The molecule has 0 amide bonds. The summed E-state index contributed by atoms with van der Waals surface area (Å²) in [6.45, 7) is 6.00. The van der Waals surface area contributed by atoms with E-state index in [1.54, 1.807) is 12.3 Å². The van der Waals surface area contributed by atoms with Crippen LogP contribution in [0, 0.1) is 6.92 Å². The minimum atomic E-state index is 0.337. The van der Waals surface area contributed by atoms with E-state index in [1.807, 2.05) is 6.92 Å². The Hall–Kier alpha value is -2.18. The van der Waals surface area contributed by atoms with Gasteiger partial charge in [-0.3, -0.25) is 0 Å². The summed E-state index contributed by atoms with van der Waals surface area (Å²) in [5, 5.41) is 17.7. The van der Waals surface area contributed by atoms with Crippen LogP contribution in [-0.4, -0.2) is 26.4 Å². The van der Waals surface area contributed by atoms with Crippen molar-refractivity contribution in [2.24, 2.45) is 0 Å². The van der Waals surface area contributed by atoms with Gasteiger partial charge in [0.15, 0.2) is 11.6 Å². The molecule has 0 aromatic carbocycles. The maximum atomic E-state index is 4.94. The molecule has 7 nitrogen and oxygen atoms in total. The second-order valence-electron chi connectivity index (χ2n) is 4.07. The van der Waals surface area contributed by atoms with Crippen molar-refractivity contribution in [3.8, 4) is 0 Å². The minimum Gasteiger partial charge on any atom is -0.366 e. The highest BCUT2D eigenvalue weighted by molar-refractivity contribution is 5.48. The highest BCUT2D eigenvalue weighted by Gasteiger charge is 2.06. The summed E-state index contributed by atoms with van der Waals surface area (Å²) >= 11 is 0. The van der Waals surface area contributed by atoms with E-state index >= 15 is 0 Å². The molecule has 96 valence electrons. The first-order valence-corrected chi connectivity index (χ1v) is 5.84. The average molecular weight is 248 g/mol. The zero-order valence-electron chi connectivity index (χ0n) is 10.6. The molecule has 0 bridgehead atoms. The number of hydrogen-bond donors (Lipinski definition) is 2. The van der Waals surface area contributed by atoms with Gasteiger partial charge in [-0.1, -0.05) is 12.1 Å². The summed E-state index contributed by atoms with van der Waals surface area (Å²) in [6.07, 6.45) is 2.60. The van der Waals surface area contributed by atoms with Crippen molar-refractivity contribution in [3.63, 3.8) is 0 Å². The molecule has 0 aliphatic rings. The largest absolute Gasteiger partial charge is 0.366 e. The van der Waals surface area contributed by atoms with E-state index < -0.39 is 0 Å². The quantitative estimate of drug-likeness (QED) is 0.837. The third-order valence-corrected chi connectivity index (χ3v) is 2.43. The third kappa shape index (κ3) is 3.16. The molecule has 0 spiro atoms. The van der Waals surface area contributed by atoms with Gasteiger partial charge in [0.2, 0.25) is 5.95 Å². The number of aryl methyl sites for hydroxylation is 1. The van der Waals surface area contributed by atoms with Crippen molar-refractivity contribution >= 4 is 17.6 Å². The first kappa shape index (κ1) is 12.3. The lowest BCUT2D eigenvalue weighted by molar-refractivity contribution is 0.400. The molecule has 0 saturated heterocycles. The Labute approximate surface area is 105 Å². The monoisotopic (exact) mass is 248 g/mol. The third-order valence-electron chi connectivity index (χ3n) is 2.43. The normalized spacial score (nSPS) is 12.2. The lowest BCUT2D eigenvalue weighted by atomic mass is 10.3. The number of anilines is 3. The Morgan fingerprint density at radius 3 is 2.89 bits per heavy atom. The van der Waals surface area contributed by atoms with Crippen LogP contribution in [0.4, 0.5) is 17.6 Å². The van der Waals surface area contributed by atoms with Gasteiger partial charge in [-0.15, -0.1) is 5.10 Å². The van der Waals surface area contributed by atoms with Gasteiger partial charge in [0.1, 0.15) is 5.76 Å². The van der Waals surface area contributed by atoms with Crippen LogP contribution in [-0.2, 0) is 0 Å². The van der Waals surface area contributed by atoms with Gasteiger partial charge < -0.3 is 15.2 Å². The standard InChI is InChI=1S/C11H16N6O/c1-4-7(2)13-10-6-12-16-11(15-10)14-9-5-8(3)18-17-9/h5-7H,4H2,1-3H3,(H2,13,14,15,16,17). The molecular formula is C11H16N6O. The van der Waals surface area contributed by atoms with E-state index in [9.17, 15) is 0 Å². The molecule has 0 aliphatic carbocycles. The Morgan fingerprint density at radius 1 is 1.39 bits per heavy atom. The van der Waals surface area contributed by atoms with Gasteiger partial charge in [-0.2, -0.15) is 10.1 Å². The van der Waals surface area contributed by atoms with Crippen LogP contribution in [0.1, 0.15) is 26.0 Å². The maximum Gasteiger partial charge on any atom is 0.250 e. The molecule has 2 aromatic rings. The highest BCUT2D eigenvalue weighted by Crippen LogP contribution is 2.13. The first-order chi connectivity index (χ1) is 8.67. The zero-order valence-corrected chi connectivity index (χ0v) is 10.6. The molecule has 0 fully saturated rings. The van der Waals surface area contributed by atoms with Gasteiger partial charge in [0.05, 0.1) is 6.20 Å². The fourth-order valence-corrected chi connectivity index (χ4v) is 1.32. The summed E-state index contributed by atoms with van der Waals surface area (Å²) in [5.74, 6) is 2.35. The predicted molar refractivity (Wildman–Crippen MR) is 67.7 cm³/mol. The predicted octanol–water partition coefficient (Wildman–Crippen LogP) is 2.12. The Bertz CT molecular complexity index is 512.